The number of pyridine rings is 1. The summed E-state index contributed by atoms with van der Waals surface area (Å²) >= 11 is 0. The Bertz CT molecular complexity index is 616. The van der Waals surface area contributed by atoms with Crippen molar-refractivity contribution in [2.24, 2.45) is 0 Å². The second-order valence-corrected chi connectivity index (χ2v) is 5.92. The topological polar surface area (TPSA) is 24.9 Å². The molecule has 0 spiro atoms. The zero-order chi connectivity index (χ0) is 13.9. The van der Waals surface area contributed by atoms with Crippen LogP contribution in [0.4, 0.5) is 5.69 Å². The Labute approximate surface area is 121 Å². The molecule has 1 N–H and O–H groups in total. The van der Waals surface area contributed by atoms with Crippen LogP contribution in [-0.2, 0) is 12.8 Å². The monoisotopic (exact) mass is 268 g/mol. The lowest BCUT2D eigenvalue weighted by Gasteiger charge is -2.22. The van der Waals surface area contributed by atoms with Crippen molar-refractivity contribution >= 4 is 16.6 Å². The van der Waals surface area contributed by atoms with Gasteiger partial charge >= 0.3 is 0 Å². The third-order valence-corrected chi connectivity index (χ3v) is 4.25. The summed E-state index contributed by atoms with van der Waals surface area (Å²) in [6.07, 6.45) is 7.37. The Hall–Kier alpha value is -1.57. The Balaban J connectivity index is 2.12. The molecule has 1 heterocycles. The molecule has 0 amide bonds. The van der Waals surface area contributed by atoms with Gasteiger partial charge in [-0.05, 0) is 56.7 Å². The fourth-order valence-electron chi connectivity index (χ4n) is 3.13. The standard InChI is InChI=1S/C18H24N2/c1-3-4-11-19-18-14-7-5-6-8-16(14)20-17-10-9-13(2)12-15(17)18/h9-10,12H,3-8,11H2,1-2H3,(H,19,20). The minimum absolute atomic E-state index is 1.07. The summed E-state index contributed by atoms with van der Waals surface area (Å²) < 4.78 is 0. The normalized spacial score (nSPS) is 14.3. The third kappa shape index (κ3) is 2.52. The lowest BCUT2D eigenvalue weighted by molar-refractivity contribution is 0.671. The van der Waals surface area contributed by atoms with E-state index in [1.165, 1.54) is 60.0 Å². The molecule has 20 heavy (non-hydrogen) atoms. The van der Waals surface area contributed by atoms with E-state index < -0.39 is 0 Å². The van der Waals surface area contributed by atoms with E-state index in [-0.39, 0.29) is 0 Å². The van der Waals surface area contributed by atoms with Gasteiger partial charge in [-0.1, -0.05) is 25.0 Å². The summed E-state index contributed by atoms with van der Waals surface area (Å²) in [6.45, 7) is 5.47. The van der Waals surface area contributed by atoms with Crippen molar-refractivity contribution in [3.05, 3.63) is 35.0 Å². The zero-order valence-electron chi connectivity index (χ0n) is 12.6. The van der Waals surface area contributed by atoms with Crippen molar-refractivity contribution in [1.82, 2.24) is 4.98 Å². The SMILES string of the molecule is CCCCNc1c2c(nc3ccc(C)cc13)CCCC2. The number of hydrogen-bond acceptors (Lipinski definition) is 2. The maximum absolute atomic E-state index is 4.91. The number of nitrogens with zero attached hydrogens (tertiary/aromatic N) is 1. The fourth-order valence-corrected chi connectivity index (χ4v) is 3.13. The van der Waals surface area contributed by atoms with E-state index in [4.69, 9.17) is 4.98 Å². The molecule has 1 aliphatic carbocycles. The third-order valence-electron chi connectivity index (χ3n) is 4.25. The summed E-state index contributed by atoms with van der Waals surface area (Å²) in [5, 5.41) is 5.01. The molecule has 0 saturated heterocycles. The van der Waals surface area contributed by atoms with Crippen molar-refractivity contribution in [2.75, 3.05) is 11.9 Å². The lowest BCUT2D eigenvalue weighted by atomic mass is 9.92. The van der Waals surface area contributed by atoms with Crippen LogP contribution in [-0.4, -0.2) is 11.5 Å². The highest BCUT2D eigenvalue weighted by molar-refractivity contribution is 5.94. The molecule has 2 nitrogen and oxygen atoms in total. The number of nitrogens with one attached hydrogen (secondary N) is 1. The predicted molar refractivity (Wildman–Crippen MR) is 86.5 cm³/mol. The molecule has 0 aliphatic heterocycles. The summed E-state index contributed by atoms with van der Waals surface area (Å²) in [4.78, 5) is 4.91. The van der Waals surface area contributed by atoms with Gasteiger partial charge in [-0.3, -0.25) is 4.98 Å². The molecular weight excluding hydrogens is 244 g/mol. The number of fused-ring (bicyclic) bond motifs is 2. The quantitative estimate of drug-likeness (QED) is 0.817. The molecule has 0 radical (unpaired) electrons. The van der Waals surface area contributed by atoms with Crippen molar-refractivity contribution in [2.45, 2.75) is 52.4 Å². The van der Waals surface area contributed by atoms with E-state index in [1.807, 2.05) is 0 Å². The number of rotatable bonds is 4. The lowest BCUT2D eigenvalue weighted by Crippen LogP contribution is -2.12. The van der Waals surface area contributed by atoms with Crippen LogP contribution in [0.25, 0.3) is 10.9 Å². The number of benzene rings is 1. The van der Waals surface area contributed by atoms with Gasteiger partial charge in [0, 0.05) is 23.3 Å². The highest BCUT2D eigenvalue weighted by Crippen LogP contribution is 2.33. The van der Waals surface area contributed by atoms with Gasteiger partial charge in [0.25, 0.3) is 0 Å². The van der Waals surface area contributed by atoms with E-state index in [9.17, 15) is 0 Å². The van der Waals surface area contributed by atoms with Crippen LogP contribution in [0.15, 0.2) is 18.2 Å². The fraction of sp³-hybridized carbons (Fsp3) is 0.500. The molecule has 1 aromatic heterocycles. The number of anilines is 1. The minimum Gasteiger partial charge on any atom is -0.384 e. The van der Waals surface area contributed by atoms with Crippen LogP contribution >= 0.6 is 0 Å². The van der Waals surface area contributed by atoms with Gasteiger partial charge in [-0.25, -0.2) is 0 Å². The molecule has 3 rings (SSSR count). The summed E-state index contributed by atoms with van der Waals surface area (Å²) in [5.41, 5.74) is 6.63. The molecule has 2 aromatic rings. The van der Waals surface area contributed by atoms with Gasteiger partial charge in [0.1, 0.15) is 0 Å². The Morgan fingerprint density at radius 3 is 2.90 bits per heavy atom. The van der Waals surface area contributed by atoms with Crippen LogP contribution in [0.1, 0.15) is 49.4 Å². The van der Waals surface area contributed by atoms with Crippen molar-refractivity contribution in [3.63, 3.8) is 0 Å². The first-order chi connectivity index (χ1) is 9.79. The average molecular weight is 268 g/mol. The number of hydrogen-bond donors (Lipinski definition) is 1. The van der Waals surface area contributed by atoms with Crippen molar-refractivity contribution in [3.8, 4) is 0 Å². The second-order valence-electron chi connectivity index (χ2n) is 5.92. The molecule has 0 atom stereocenters. The summed E-state index contributed by atoms with van der Waals surface area (Å²) in [6, 6.07) is 6.62. The average Bonchev–Trinajstić information content (AvgIpc) is 2.47. The van der Waals surface area contributed by atoms with Gasteiger partial charge in [-0.15, -0.1) is 0 Å². The predicted octanol–water partition coefficient (Wildman–Crippen LogP) is 4.63. The molecular formula is C18H24N2. The molecule has 2 heteroatoms. The highest BCUT2D eigenvalue weighted by Gasteiger charge is 2.17. The van der Waals surface area contributed by atoms with E-state index >= 15 is 0 Å². The molecule has 106 valence electrons. The second kappa shape index (κ2) is 5.82. The van der Waals surface area contributed by atoms with Crippen LogP contribution in [0.2, 0.25) is 0 Å². The molecule has 1 aromatic carbocycles. The van der Waals surface area contributed by atoms with E-state index in [2.05, 4.69) is 37.4 Å². The Morgan fingerprint density at radius 1 is 1.20 bits per heavy atom. The number of unbranched alkanes of at least 4 members (excludes halogenated alkanes) is 1. The van der Waals surface area contributed by atoms with Crippen LogP contribution in [0.3, 0.4) is 0 Å². The molecule has 0 bridgehead atoms. The van der Waals surface area contributed by atoms with Crippen molar-refractivity contribution < 1.29 is 0 Å². The first kappa shape index (κ1) is 13.4. The maximum atomic E-state index is 4.91. The summed E-state index contributed by atoms with van der Waals surface area (Å²) in [5.74, 6) is 0. The van der Waals surface area contributed by atoms with E-state index in [0.29, 0.717) is 0 Å². The molecule has 0 unspecified atom stereocenters. The maximum Gasteiger partial charge on any atom is 0.0726 e. The Morgan fingerprint density at radius 2 is 2.05 bits per heavy atom. The largest absolute Gasteiger partial charge is 0.384 e. The smallest absolute Gasteiger partial charge is 0.0726 e. The van der Waals surface area contributed by atoms with Gasteiger partial charge in [-0.2, -0.15) is 0 Å². The van der Waals surface area contributed by atoms with Crippen LogP contribution in [0.5, 0.6) is 0 Å². The van der Waals surface area contributed by atoms with E-state index in [0.717, 1.165) is 18.5 Å². The molecule has 0 fully saturated rings. The molecule has 0 saturated carbocycles. The molecule has 1 aliphatic rings. The van der Waals surface area contributed by atoms with Gasteiger partial charge in [0.15, 0.2) is 0 Å². The van der Waals surface area contributed by atoms with Gasteiger partial charge in [0.2, 0.25) is 0 Å². The van der Waals surface area contributed by atoms with Crippen LogP contribution in [0, 0.1) is 6.92 Å². The highest BCUT2D eigenvalue weighted by atomic mass is 14.9. The summed E-state index contributed by atoms with van der Waals surface area (Å²) in [7, 11) is 0. The first-order valence-electron chi connectivity index (χ1n) is 7.95. The van der Waals surface area contributed by atoms with Gasteiger partial charge < -0.3 is 5.32 Å². The number of aryl methyl sites for hydroxylation is 2. The first-order valence-corrected chi connectivity index (χ1v) is 7.95. The Kier molecular flexibility index (Phi) is 3.90. The zero-order valence-corrected chi connectivity index (χ0v) is 12.6. The minimum atomic E-state index is 1.07. The van der Waals surface area contributed by atoms with Gasteiger partial charge in [0.05, 0.1) is 5.52 Å². The number of aromatic nitrogens is 1. The van der Waals surface area contributed by atoms with Crippen LogP contribution < -0.4 is 5.32 Å². The van der Waals surface area contributed by atoms with Crippen molar-refractivity contribution in [1.29, 1.82) is 0 Å². The van der Waals surface area contributed by atoms with E-state index in [1.54, 1.807) is 0 Å².